The van der Waals surface area contributed by atoms with Crippen molar-refractivity contribution in [1.29, 1.82) is 0 Å². The summed E-state index contributed by atoms with van der Waals surface area (Å²) in [6.07, 6.45) is 0.891. The summed E-state index contributed by atoms with van der Waals surface area (Å²) in [5, 5.41) is 6.90. The van der Waals surface area contributed by atoms with Gasteiger partial charge in [0.25, 0.3) is 5.91 Å². The van der Waals surface area contributed by atoms with E-state index in [-0.39, 0.29) is 36.1 Å². The molecule has 4 rings (SSSR count). The van der Waals surface area contributed by atoms with Crippen LogP contribution >= 0.6 is 15.9 Å². The molecule has 1 aromatic heterocycles. The van der Waals surface area contributed by atoms with Crippen molar-refractivity contribution >= 4 is 27.7 Å². The highest BCUT2D eigenvalue weighted by atomic mass is 79.9. The van der Waals surface area contributed by atoms with Crippen molar-refractivity contribution in [2.24, 2.45) is 0 Å². The molecule has 1 aliphatic heterocycles. The average Bonchev–Trinajstić information content (AvgIpc) is 3.28. The van der Waals surface area contributed by atoms with Gasteiger partial charge in [0.05, 0.1) is 11.0 Å². The number of halogens is 4. The fraction of sp³-hybridized carbons (Fsp3) is 0.200. The number of carbonyl (C=O) groups excluding carboxylic acids is 1. The highest BCUT2D eigenvalue weighted by Crippen LogP contribution is 2.39. The number of aromatic nitrogens is 2. The van der Waals surface area contributed by atoms with Crippen molar-refractivity contribution in [2.75, 3.05) is 5.32 Å². The topological polar surface area (TPSA) is 65.4 Å². The average molecular weight is 482 g/mol. The Hall–Kier alpha value is -3.01. The van der Waals surface area contributed by atoms with Crippen molar-refractivity contribution in [2.45, 2.75) is 25.7 Å². The number of ether oxygens (including phenoxy) is 2. The van der Waals surface area contributed by atoms with Crippen LogP contribution in [0.2, 0.25) is 0 Å². The van der Waals surface area contributed by atoms with Gasteiger partial charge in [-0.1, -0.05) is 30.3 Å². The van der Waals surface area contributed by atoms with Crippen LogP contribution in [0, 0.1) is 5.82 Å². The lowest BCUT2D eigenvalue weighted by atomic mass is 10.1. The fourth-order valence-electron chi connectivity index (χ4n) is 3.14. The summed E-state index contributed by atoms with van der Waals surface area (Å²) in [4.78, 5) is 12.6. The van der Waals surface area contributed by atoms with E-state index in [0.717, 1.165) is 0 Å². The van der Waals surface area contributed by atoms with E-state index in [1.54, 1.807) is 36.5 Å². The Balaban J connectivity index is 1.45. The maximum absolute atomic E-state index is 13.8. The second kappa shape index (κ2) is 8.39. The molecule has 3 aromatic rings. The molecular weight excluding hydrogens is 467 g/mol. The number of alkyl halides is 2. The number of fused-ring (bicyclic) bond motifs is 1. The molecule has 0 spiro atoms. The van der Waals surface area contributed by atoms with Crippen LogP contribution in [0.1, 0.15) is 11.1 Å². The predicted molar refractivity (Wildman–Crippen MR) is 105 cm³/mol. The van der Waals surface area contributed by atoms with Gasteiger partial charge in [0.2, 0.25) is 0 Å². The minimum absolute atomic E-state index is 0.117. The van der Waals surface area contributed by atoms with Gasteiger partial charge in [-0.15, -0.1) is 0 Å². The van der Waals surface area contributed by atoms with Gasteiger partial charge in [-0.2, -0.15) is 13.9 Å². The zero-order valence-electron chi connectivity index (χ0n) is 15.3. The van der Waals surface area contributed by atoms with Crippen LogP contribution in [0.15, 0.2) is 53.1 Å². The molecule has 1 amide bonds. The number of nitrogens with one attached hydrogen (secondary N) is 1. The first-order valence-corrected chi connectivity index (χ1v) is 9.70. The van der Waals surface area contributed by atoms with Gasteiger partial charge in [-0.25, -0.2) is 4.39 Å². The Morgan fingerprint density at radius 2 is 2.10 bits per heavy atom. The molecule has 1 aliphatic rings. The Bertz CT molecular complexity index is 1090. The maximum Gasteiger partial charge on any atom is 0.387 e. The van der Waals surface area contributed by atoms with E-state index in [1.165, 1.54) is 16.8 Å². The van der Waals surface area contributed by atoms with E-state index in [2.05, 4.69) is 31.1 Å². The number of anilines is 1. The van der Waals surface area contributed by atoms with Gasteiger partial charge in [-0.3, -0.25) is 9.48 Å². The molecule has 1 N–H and O–H groups in total. The van der Waals surface area contributed by atoms with Crippen molar-refractivity contribution in [1.82, 2.24) is 9.78 Å². The van der Waals surface area contributed by atoms with Gasteiger partial charge in [0.1, 0.15) is 5.82 Å². The maximum atomic E-state index is 13.8. The molecule has 0 bridgehead atoms. The van der Waals surface area contributed by atoms with E-state index in [1.807, 2.05) is 0 Å². The molecule has 10 heteroatoms. The molecule has 2 aromatic carbocycles. The third-order valence-corrected chi connectivity index (χ3v) is 5.06. The highest BCUT2D eigenvalue weighted by molar-refractivity contribution is 9.10. The normalized spacial score (nSPS) is 15.0. The Morgan fingerprint density at radius 3 is 2.87 bits per heavy atom. The lowest BCUT2D eigenvalue weighted by Gasteiger charge is -2.12. The lowest BCUT2D eigenvalue weighted by molar-refractivity contribution is -0.122. The molecule has 156 valence electrons. The monoisotopic (exact) mass is 481 g/mol. The Labute approximate surface area is 177 Å². The summed E-state index contributed by atoms with van der Waals surface area (Å²) in [5.74, 6) is -0.602. The number of hydrogen-bond donors (Lipinski definition) is 1. The van der Waals surface area contributed by atoms with Gasteiger partial charge in [0.15, 0.2) is 23.4 Å². The zero-order chi connectivity index (χ0) is 21.3. The fourth-order valence-corrected chi connectivity index (χ4v) is 3.55. The predicted octanol–water partition coefficient (Wildman–Crippen LogP) is 4.38. The highest BCUT2D eigenvalue weighted by Gasteiger charge is 2.32. The molecule has 30 heavy (non-hydrogen) atoms. The molecular formula is C20H15BrF3N3O3. The van der Waals surface area contributed by atoms with Crippen molar-refractivity contribution < 1.29 is 27.4 Å². The van der Waals surface area contributed by atoms with Crippen LogP contribution in [0.25, 0.3) is 0 Å². The van der Waals surface area contributed by atoms with Crippen molar-refractivity contribution in [3.8, 4) is 11.5 Å². The molecule has 0 radical (unpaired) electrons. The summed E-state index contributed by atoms with van der Waals surface area (Å²) in [6.45, 7) is -2.82. The first kappa shape index (κ1) is 20.3. The van der Waals surface area contributed by atoms with E-state index in [0.29, 0.717) is 15.6 Å². The van der Waals surface area contributed by atoms with E-state index >= 15 is 0 Å². The quantitative estimate of drug-likeness (QED) is 0.567. The molecule has 6 nitrogen and oxygen atoms in total. The third-order valence-electron chi connectivity index (χ3n) is 4.48. The molecule has 0 saturated heterocycles. The number of hydrogen-bond acceptors (Lipinski definition) is 4. The van der Waals surface area contributed by atoms with Gasteiger partial charge < -0.3 is 14.8 Å². The molecule has 0 saturated carbocycles. The number of amides is 1. The second-order valence-electron chi connectivity index (χ2n) is 6.54. The summed E-state index contributed by atoms with van der Waals surface area (Å²) in [6, 6.07) is 10.9. The van der Waals surface area contributed by atoms with E-state index in [9.17, 15) is 18.0 Å². The van der Waals surface area contributed by atoms with Crippen LogP contribution in [-0.2, 0) is 17.8 Å². The Morgan fingerprint density at radius 1 is 1.30 bits per heavy atom. The summed E-state index contributed by atoms with van der Waals surface area (Å²) in [7, 11) is 0. The zero-order valence-corrected chi connectivity index (χ0v) is 16.9. The van der Waals surface area contributed by atoms with Crippen LogP contribution < -0.4 is 14.8 Å². The van der Waals surface area contributed by atoms with Crippen molar-refractivity contribution in [3.63, 3.8) is 0 Å². The number of benzene rings is 2. The molecule has 2 heterocycles. The molecule has 0 fully saturated rings. The minimum atomic E-state index is -3.00. The first-order chi connectivity index (χ1) is 14.4. The SMILES string of the molecule is O=C(Nc1nn(Cc2ccccc2F)cc1Br)C1Cc2cccc(OC(F)F)c2O1. The Kier molecular flexibility index (Phi) is 5.67. The van der Waals surface area contributed by atoms with Crippen molar-refractivity contribution in [3.05, 3.63) is 70.1 Å². The van der Waals surface area contributed by atoms with E-state index < -0.39 is 18.6 Å². The standard InChI is InChI=1S/C20H15BrF3N3O3/c21-13-10-27(9-12-4-1-2-6-14(12)22)26-18(13)25-19(28)16-8-11-5-3-7-15(17(11)29-16)30-20(23)24/h1-7,10,16,20H,8-9H2,(H,25,26,28). The van der Waals surface area contributed by atoms with Gasteiger partial charge in [0, 0.05) is 23.7 Å². The number of carbonyl (C=O) groups is 1. The molecule has 1 unspecified atom stereocenters. The number of rotatable bonds is 6. The first-order valence-electron chi connectivity index (χ1n) is 8.91. The molecule has 0 aliphatic carbocycles. The second-order valence-corrected chi connectivity index (χ2v) is 7.39. The number of nitrogens with zero attached hydrogens (tertiary/aromatic N) is 2. The van der Waals surface area contributed by atoms with Gasteiger partial charge >= 0.3 is 6.61 Å². The van der Waals surface area contributed by atoms with E-state index in [4.69, 9.17) is 4.74 Å². The largest absolute Gasteiger partial charge is 0.476 e. The van der Waals surface area contributed by atoms with Crippen LogP contribution in [0.5, 0.6) is 11.5 Å². The minimum Gasteiger partial charge on any atom is -0.476 e. The lowest BCUT2D eigenvalue weighted by Crippen LogP contribution is -2.31. The molecule has 1 atom stereocenters. The smallest absolute Gasteiger partial charge is 0.387 e. The van der Waals surface area contributed by atoms with Crippen LogP contribution in [-0.4, -0.2) is 28.4 Å². The number of para-hydroxylation sites is 1. The van der Waals surface area contributed by atoms with Gasteiger partial charge in [-0.05, 0) is 28.1 Å². The summed E-state index contributed by atoms with van der Waals surface area (Å²) >= 11 is 3.32. The van der Waals surface area contributed by atoms with Crippen LogP contribution in [0.4, 0.5) is 19.0 Å². The third kappa shape index (κ3) is 4.28. The van der Waals surface area contributed by atoms with Crippen LogP contribution in [0.3, 0.4) is 0 Å². The summed E-state index contributed by atoms with van der Waals surface area (Å²) in [5.41, 5.74) is 1.05. The summed E-state index contributed by atoms with van der Waals surface area (Å²) < 4.78 is 51.0.